The minimum atomic E-state index is 0.315. The van der Waals surface area contributed by atoms with Crippen molar-refractivity contribution < 1.29 is 0 Å². The summed E-state index contributed by atoms with van der Waals surface area (Å²) in [5.74, 6) is 0.795. The normalized spacial score (nSPS) is 11.5. The van der Waals surface area contributed by atoms with Gasteiger partial charge in [-0.05, 0) is 12.1 Å². The molecule has 0 saturated heterocycles. The van der Waals surface area contributed by atoms with Gasteiger partial charge in [0.25, 0.3) is 0 Å². The molecule has 0 bridgehead atoms. The highest BCUT2D eigenvalue weighted by molar-refractivity contribution is 6.29. The molecule has 3 N–H and O–H groups in total. The number of nitrogens with zero attached hydrogens (tertiary/aromatic N) is 6. The van der Waals surface area contributed by atoms with E-state index < -0.39 is 0 Å². The largest absolute Gasteiger partial charge is 0.384 e. The Bertz CT molecular complexity index is 491. The van der Waals surface area contributed by atoms with E-state index in [1.54, 1.807) is 23.1 Å². The smallest absolute Gasteiger partial charge is 0.168 e. The van der Waals surface area contributed by atoms with Crippen LogP contribution in [0.1, 0.15) is 0 Å². The Balaban J connectivity index is 1.93. The van der Waals surface area contributed by atoms with Crippen LogP contribution in [0.5, 0.6) is 0 Å². The lowest BCUT2D eigenvalue weighted by molar-refractivity contribution is 0.717. The first kappa shape index (κ1) is 11.3. The van der Waals surface area contributed by atoms with Crippen molar-refractivity contribution in [2.45, 2.75) is 6.54 Å². The topological polar surface area (TPSA) is 107 Å². The van der Waals surface area contributed by atoms with Gasteiger partial charge >= 0.3 is 0 Å². The molecule has 0 aliphatic carbocycles. The first-order chi connectivity index (χ1) is 8.24. The van der Waals surface area contributed by atoms with Crippen LogP contribution in [0.3, 0.4) is 0 Å². The number of amidine groups is 1. The standard InChI is InChI=1S/C8H9ClN8/c9-6-1-2-8(15-13-6)16-14-7(10)3-17-5-11-4-12-17/h1-2,4-5H,3H2,(H2,10,14)(H,15,16). The molecule has 0 amide bonds. The van der Waals surface area contributed by atoms with Crippen molar-refractivity contribution >= 4 is 23.3 Å². The number of nitrogens with two attached hydrogens (primary N) is 1. The van der Waals surface area contributed by atoms with E-state index in [-0.39, 0.29) is 0 Å². The summed E-state index contributed by atoms with van der Waals surface area (Å²) in [6, 6.07) is 3.24. The molecule has 9 heteroatoms. The van der Waals surface area contributed by atoms with Gasteiger partial charge in [0, 0.05) is 0 Å². The second kappa shape index (κ2) is 5.21. The number of aromatic nitrogens is 5. The summed E-state index contributed by atoms with van der Waals surface area (Å²) >= 11 is 5.59. The molecular formula is C8H9ClN8. The van der Waals surface area contributed by atoms with E-state index in [9.17, 15) is 0 Å². The van der Waals surface area contributed by atoms with Crippen molar-refractivity contribution in [1.82, 2.24) is 25.0 Å². The Morgan fingerprint density at radius 1 is 1.47 bits per heavy atom. The number of rotatable bonds is 4. The van der Waals surface area contributed by atoms with Gasteiger partial charge in [0.15, 0.2) is 11.0 Å². The Kier molecular flexibility index (Phi) is 3.46. The molecule has 0 fully saturated rings. The van der Waals surface area contributed by atoms with Crippen molar-refractivity contribution in [3.8, 4) is 0 Å². The fourth-order valence-electron chi connectivity index (χ4n) is 1.02. The second-order valence-corrected chi connectivity index (χ2v) is 3.44. The van der Waals surface area contributed by atoms with E-state index in [2.05, 4.69) is 30.8 Å². The summed E-state index contributed by atoms with van der Waals surface area (Å²) < 4.78 is 1.55. The fourth-order valence-corrected chi connectivity index (χ4v) is 1.12. The first-order valence-corrected chi connectivity index (χ1v) is 5.01. The molecule has 0 saturated carbocycles. The monoisotopic (exact) mass is 252 g/mol. The third-order valence-electron chi connectivity index (χ3n) is 1.74. The lowest BCUT2D eigenvalue weighted by Crippen LogP contribution is -2.21. The van der Waals surface area contributed by atoms with Gasteiger partial charge in [-0.15, -0.1) is 10.2 Å². The maximum atomic E-state index is 5.67. The fraction of sp³-hybridized carbons (Fsp3) is 0.125. The molecule has 2 aromatic rings. The highest BCUT2D eigenvalue weighted by Gasteiger charge is 1.97. The van der Waals surface area contributed by atoms with Crippen molar-refractivity contribution in [3.63, 3.8) is 0 Å². The molecular weight excluding hydrogens is 244 g/mol. The van der Waals surface area contributed by atoms with Crippen molar-refractivity contribution in [1.29, 1.82) is 0 Å². The predicted octanol–water partition coefficient (Wildman–Crippen LogP) is 0.106. The van der Waals surface area contributed by atoms with E-state index in [1.165, 1.54) is 6.33 Å². The molecule has 0 aliphatic heterocycles. The summed E-state index contributed by atoms with van der Waals surface area (Å²) in [5, 5.41) is 15.5. The zero-order valence-corrected chi connectivity index (χ0v) is 9.41. The summed E-state index contributed by atoms with van der Waals surface area (Å²) in [7, 11) is 0. The third kappa shape index (κ3) is 3.38. The summed E-state index contributed by atoms with van der Waals surface area (Å²) in [6.07, 6.45) is 2.97. The van der Waals surface area contributed by atoms with Gasteiger partial charge in [-0.2, -0.15) is 10.2 Å². The Labute approximate surface area is 102 Å². The molecule has 0 aromatic carbocycles. The van der Waals surface area contributed by atoms with Gasteiger partial charge < -0.3 is 5.73 Å². The molecule has 2 aromatic heterocycles. The average molecular weight is 253 g/mol. The summed E-state index contributed by atoms with van der Waals surface area (Å²) in [5.41, 5.74) is 8.32. The molecule has 2 heterocycles. The van der Waals surface area contributed by atoms with Crippen molar-refractivity contribution in [2.75, 3.05) is 5.43 Å². The molecule has 0 atom stereocenters. The van der Waals surface area contributed by atoms with Gasteiger partial charge in [-0.3, -0.25) is 5.43 Å². The van der Waals surface area contributed by atoms with E-state index in [0.717, 1.165) is 0 Å². The van der Waals surface area contributed by atoms with Crippen LogP contribution < -0.4 is 11.2 Å². The van der Waals surface area contributed by atoms with E-state index in [4.69, 9.17) is 17.3 Å². The Hall–Kier alpha value is -2.22. The van der Waals surface area contributed by atoms with E-state index >= 15 is 0 Å². The van der Waals surface area contributed by atoms with Crippen LogP contribution in [0.25, 0.3) is 0 Å². The van der Waals surface area contributed by atoms with Gasteiger partial charge in [-0.25, -0.2) is 9.67 Å². The molecule has 0 aliphatic rings. The van der Waals surface area contributed by atoms with Gasteiger partial charge in [0.05, 0.1) is 0 Å². The Morgan fingerprint density at radius 3 is 3.00 bits per heavy atom. The minimum Gasteiger partial charge on any atom is -0.384 e. The van der Waals surface area contributed by atoms with Gasteiger partial charge in [0.1, 0.15) is 25.0 Å². The third-order valence-corrected chi connectivity index (χ3v) is 1.94. The van der Waals surface area contributed by atoms with E-state index in [1.807, 2.05) is 0 Å². The van der Waals surface area contributed by atoms with Gasteiger partial charge in [-0.1, -0.05) is 11.6 Å². The zero-order chi connectivity index (χ0) is 12.1. The SMILES string of the molecule is NC(Cn1cncn1)=NNc1ccc(Cl)nn1. The predicted molar refractivity (Wildman–Crippen MR) is 62.3 cm³/mol. The molecule has 0 unspecified atom stereocenters. The van der Waals surface area contributed by atoms with E-state index in [0.29, 0.717) is 23.4 Å². The maximum Gasteiger partial charge on any atom is 0.168 e. The van der Waals surface area contributed by atoms with Crippen molar-refractivity contribution in [3.05, 3.63) is 29.9 Å². The zero-order valence-electron chi connectivity index (χ0n) is 8.66. The maximum absolute atomic E-state index is 5.67. The van der Waals surface area contributed by atoms with Crippen LogP contribution >= 0.6 is 11.6 Å². The highest BCUT2D eigenvalue weighted by atomic mass is 35.5. The number of hydrazone groups is 1. The number of hydrogen-bond donors (Lipinski definition) is 2. The number of anilines is 1. The van der Waals surface area contributed by atoms with Crippen LogP contribution in [0.4, 0.5) is 5.82 Å². The molecule has 17 heavy (non-hydrogen) atoms. The van der Waals surface area contributed by atoms with Crippen LogP contribution in [-0.2, 0) is 6.54 Å². The quantitative estimate of drug-likeness (QED) is 0.454. The van der Waals surface area contributed by atoms with Crippen molar-refractivity contribution in [2.24, 2.45) is 10.8 Å². The lowest BCUT2D eigenvalue weighted by Gasteiger charge is -2.01. The van der Waals surface area contributed by atoms with Gasteiger partial charge in [0.2, 0.25) is 0 Å². The number of nitrogens with one attached hydrogen (secondary N) is 1. The van der Waals surface area contributed by atoms with Crippen LogP contribution in [-0.4, -0.2) is 30.8 Å². The number of hydrogen-bond acceptors (Lipinski definition) is 6. The first-order valence-electron chi connectivity index (χ1n) is 4.64. The minimum absolute atomic E-state index is 0.315. The molecule has 8 nitrogen and oxygen atoms in total. The average Bonchev–Trinajstić information content (AvgIpc) is 2.81. The molecule has 2 rings (SSSR count). The highest BCUT2D eigenvalue weighted by Crippen LogP contribution is 2.05. The Morgan fingerprint density at radius 2 is 2.35 bits per heavy atom. The molecule has 0 radical (unpaired) electrons. The van der Waals surface area contributed by atoms with Crippen LogP contribution in [0.2, 0.25) is 5.15 Å². The summed E-state index contributed by atoms with van der Waals surface area (Å²) in [6.45, 7) is 0.341. The van der Waals surface area contributed by atoms with Crippen LogP contribution in [0.15, 0.2) is 29.9 Å². The van der Waals surface area contributed by atoms with Crippen LogP contribution in [0, 0.1) is 0 Å². The molecule has 88 valence electrons. The molecule has 0 spiro atoms. The lowest BCUT2D eigenvalue weighted by atomic mass is 10.5. The second-order valence-electron chi connectivity index (χ2n) is 3.05. The summed E-state index contributed by atoms with van der Waals surface area (Å²) in [4.78, 5) is 3.79. The number of halogens is 1.